The van der Waals surface area contributed by atoms with Crippen molar-refractivity contribution in [2.75, 3.05) is 64.4 Å². The van der Waals surface area contributed by atoms with Gasteiger partial charge in [0.25, 0.3) is 0 Å². The van der Waals surface area contributed by atoms with Crippen LogP contribution in [0.4, 0.5) is 5.82 Å². The molecule has 0 aliphatic carbocycles. The number of rotatable bonds is 8. The van der Waals surface area contributed by atoms with Crippen LogP contribution in [-0.2, 0) is 11.3 Å². The van der Waals surface area contributed by atoms with E-state index in [2.05, 4.69) is 92.1 Å². The van der Waals surface area contributed by atoms with E-state index in [4.69, 9.17) is 14.7 Å². The van der Waals surface area contributed by atoms with Crippen molar-refractivity contribution in [3.05, 3.63) is 53.0 Å². The van der Waals surface area contributed by atoms with Crippen molar-refractivity contribution in [3.63, 3.8) is 0 Å². The van der Waals surface area contributed by atoms with Gasteiger partial charge in [-0.15, -0.1) is 0 Å². The van der Waals surface area contributed by atoms with Crippen LogP contribution in [0.5, 0.6) is 0 Å². The van der Waals surface area contributed by atoms with Crippen molar-refractivity contribution >= 4 is 5.82 Å². The Labute approximate surface area is 236 Å². The third-order valence-electron chi connectivity index (χ3n) is 9.06. The number of nitrogens with one attached hydrogen (secondary N) is 1. The highest BCUT2D eigenvalue weighted by molar-refractivity contribution is 5.51. The van der Waals surface area contributed by atoms with Gasteiger partial charge >= 0.3 is 0 Å². The highest BCUT2D eigenvalue weighted by Crippen LogP contribution is 2.38. The van der Waals surface area contributed by atoms with Crippen molar-refractivity contribution in [2.24, 2.45) is 0 Å². The Kier molecular flexibility index (Phi) is 8.91. The van der Waals surface area contributed by atoms with E-state index in [1.807, 2.05) is 0 Å². The molecular weight excluding hydrogens is 484 g/mol. The fraction of sp³-hybridized carbons (Fsp3) is 0.688. The number of hydrogen-bond donors (Lipinski definition) is 1. The number of nitrogens with zero attached hydrogens (tertiary/aromatic N) is 5. The lowest BCUT2D eigenvalue weighted by atomic mass is 9.91. The largest absolute Gasteiger partial charge is 0.378 e. The van der Waals surface area contributed by atoms with Gasteiger partial charge in [-0.25, -0.2) is 4.98 Å². The Balaban J connectivity index is 1.20. The molecule has 3 saturated heterocycles. The predicted octanol–water partition coefficient (Wildman–Crippen LogP) is 4.60. The molecule has 3 aliphatic rings. The minimum Gasteiger partial charge on any atom is -0.378 e. The molecule has 2 aromatic heterocycles. The van der Waals surface area contributed by atoms with Crippen molar-refractivity contribution < 1.29 is 4.74 Å². The summed E-state index contributed by atoms with van der Waals surface area (Å²) in [5, 5.41) is 3.48. The number of anilines is 1. The van der Waals surface area contributed by atoms with Gasteiger partial charge in [-0.05, 0) is 57.4 Å². The minimum atomic E-state index is 0.185. The summed E-state index contributed by atoms with van der Waals surface area (Å²) in [6, 6.07) is 9.09. The Bertz CT molecular complexity index is 1080. The zero-order valence-electron chi connectivity index (χ0n) is 25.1. The van der Waals surface area contributed by atoms with Gasteiger partial charge in [0.2, 0.25) is 0 Å². The molecule has 7 nitrogen and oxygen atoms in total. The van der Waals surface area contributed by atoms with Gasteiger partial charge in [-0.1, -0.05) is 32.9 Å². The number of ether oxygens (including phenoxy) is 1. The summed E-state index contributed by atoms with van der Waals surface area (Å²) >= 11 is 0. The number of likely N-dealkylation sites (N-methyl/N-ethyl adjacent to an activating group) is 1. The average Bonchev–Trinajstić information content (AvgIpc) is 3.38. The van der Waals surface area contributed by atoms with Crippen LogP contribution in [0.2, 0.25) is 0 Å². The predicted molar refractivity (Wildman–Crippen MR) is 160 cm³/mol. The maximum absolute atomic E-state index is 6.39. The van der Waals surface area contributed by atoms with Gasteiger partial charge in [-0.3, -0.25) is 9.88 Å². The summed E-state index contributed by atoms with van der Waals surface area (Å²) < 4.78 is 6.39. The molecule has 39 heavy (non-hydrogen) atoms. The Morgan fingerprint density at radius 1 is 1.03 bits per heavy atom. The lowest BCUT2D eigenvalue weighted by Crippen LogP contribution is -2.57. The molecule has 0 amide bonds. The molecule has 2 aromatic rings. The summed E-state index contributed by atoms with van der Waals surface area (Å²) in [4.78, 5) is 17.6. The average molecular weight is 535 g/mol. The van der Waals surface area contributed by atoms with Crippen LogP contribution in [0.25, 0.3) is 0 Å². The number of pyridine rings is 2. The summed E-state index contributed by atoms with van der Waals surface area (Å²) in [6.45, 7) is 20.6. The van der Waals surface area contributed by atoms with Crippen molar-refractivity contribution in [2.45, 2.75) is 83.4 Å². The van der Waals surface area contributed by atoms with E-state index in [0.29, 0.717) is 17.8 Å². The molecule has 5 heterocycles. The van der Waals surface area contributed by atoms with Crippen LogP contribution in [0, 0.1) is 0 Å². The molecule has 214 valence electrons. The van der Waals surface area contributed by atoms with Crippen LogP contribution < -0.4 is 10.2 Å². The molecule has 0 saturated carbocycles. The lowest BCUT2D eigenvalue weighted by molar-refractivity contribution is 0.0253. The smallest absolute Gasteiger partial charge is 0.132 e. The van der Waals surface area contributed by atoms with E-state index in [1.54, 1.807) is 0 Å². The monoisotopic (exact) mass is 534 g/mol. The topological polar surface area (TPSA) is 56.8 Å². The van der Waals surface area contributed by atoms with Gasteiger partial charge in [0.05, 0.1) is 12.7 Å². The summed E-state index contributed by atoms with van der Waals surface area (Å²) in [7, 11) is 2.22. The second-order valence-corrected chi connectivity index (χ2v) is 13.1. The third-order valence-corrected chi connectivity index (χ3v) is 9.06. The quantitative estimate of drug-likeness (QED) is 0.531. The normalized spacial score (nSPS) is 25.4. The summed E-state index contributed by atoms with van der Waals surface area (Å²) in [5.74, 6) is 2.40. The molecule has 3 aliphatic heterocycles. The molecule has 2 unspecified atom stereocenters. The number of piperazine rings is 2. The van der Waals surface area contributed by atoms with E-state index >= 15 is 0 Å². The van der Waals surface area contributed by atoms with Crippen molar-refractivity contribution in [1.29, 1.82) is 0 Å². The molecule has 0 spiro atoms. The fourth-order valence-electron chi connectivity index (χ4n) is 6.61. The van der Waals surface area contributed by atoms with E-state index in [9.17, 15) is 0 Å². The molecule has 5 rings (SSSR count). The first-order valence-electron chi connectivity index (χ1n) is 15.2. The fourth-order valence-corrected chi connectivity index (χ4v) is 6.61. The first-order valence-corrected chi connectivity index (χ1v) is 15.2. The van der Waals surface area contributed by atoms with E-state index in [-0.39, 0.29) is 11.6 Å². The Morgan fingerprint density at radius 3 is 2.49 bits per heavy atom. The van der Waals surface area contributed by atoms with Gasteiger partial charge in [0.1, 0.15) is 5.82 Å². The number of hydrogen-bond acceptors (Lipinski definition) is 7. The van der Waals surface area contributed by atoms with E-state index in [1.165, 1.54) is 28.3 Å². The molecular formula is C32H50N6O. The second kappa shape index (κ2) is 12.2. The van der Waals surface area contributed by atoms with E-state index in [0.717, 1.165) is 71.8 Å². The zero-order chi connectivity index (χ0) is 27.6. The van der Waals surface area contributed by atoms with Gasteiger partial charge in [0.15, 0.2) is 0 Å². The summed E-state index contributed by atoms with van der Waals surface area (Å²) in [6.07, 6.45) is 4.43. The highest BCUT2D eigenvalue weighted by atomic mass is 16.5. The Morgan fingerprint density at radius 2 is 1.79 bits per heavy atom. The van der Waals surface area contributed by atoms with Crippen molar-refractivity contribution in [3.8, 4) is 0 Å². The van der Waals surface area contributed by atoms with Gasteiger partial charge < -0.3 is 19.9 Å². The minimum absolute atomic E-state index is 0.185. The maximum atomic E-state index is 6.39. The van der Waals surface area contributed by atoms with Crippen LogP contribution in [0.15, 0.2) is 30.5 Å². The number of aromatic nitrogens is 2. The first-order chi connectivity index (χ1) is 18.7. The molecule has 0 aromatic carbocycles. The molecule has 3 fully saturated rings. The second-order valence-electron chi connectivity index (χ2n) is 13.1. The van der Waals surface area contributed by atoms with Crippen molar-refractivity contribution in [1.82, 2.24) is 25.1 Å². The maximum Gasteiger partial charge on any atom is 0.132 e. The SMILES string of the molecule is CC(C)c1ccc([C@H]2COC(CC(C)c3ccc(CN4CCN(C)CC4(C)C)cn3)C2)c(N2CCNCC2)n1. The lowest BCUT2D eigenvalue weighted by Gasteiger charge is -2.46. The Hall–Kier alpha value is -2.06. The van der Waals surface area contributed by atoms with Gasteiger partial charge in [-0.2, -0.15) is 0 Å². The molecule has 3 atom stereocenters. The first kappa shape index (κ1) is 28.5. The standard InChI is InChI=1S/C32H50N6O/c1-23(2)29-10-8-28(31(35-29)37-13-11-33-12-14-37)26-18-27(39-21-26)17-24(3)30-9-7-25(19-34-30)20-38-16-15-36(6)22-32(38,4)5/h7-10,19,23-24,26-27,33H,11-18,20-22H2,1-6H3/t24?,26-,27?/m1/s1. The van der Waals surface area contributed by atoms with E-state index < -0.39 is 0 Å². The summed E-state index contributed by atoms with van der Waals surface area (Å²) in [5.41, 5.74) is 5.21. The zero-order valence-corrected chi connectivity index (χ0v) is 25.1. The van der Waals surface area contributed by atoms with Gasteiger partial charge in [0, 0.05) is 92.9 Å². The van der Waals surface area contributed by atoms with Crippen LogP contribution >= 0.6 is 0 Å². The third kappa shape index (κ3) is 6.82. The molecule has 1 N–H and O–H groups in total. The molecule has 7 heteroatoms. The van der Waals surface area contributed by atoms with Crippen LogP contribution in [-0.4, -0.2) is 90.9 Å². The van der Waals surface area contributed by atoms with Crippen LogP contribution in [0.3, 0.4) is 0 Å². The van der Waals surface area contributed by atoms with Crippen LogP contribution in [0.1, 0.15) is 87.7 Å². The molecule has 0 bridgehead atoms. The molecule has 0 radical (unpaired) electrons. The highest BCUT2D eigenvalue weighted by Gasteiger charge is 2.33.